The molecule has 0 spiro atoms. The van der Waals surface area contributed by atoms with Crippen LogP contribution < -0.4 is 10.5 Å². The maximum absolute atomic E-state index is 12.5. The summed E-state index contributed by atoms with van der Waals surface area (Å²) in [6.45, 7) is 0.497. The van der Waals surface area contributed by atoms with E-state index in [1.807, 2.05) is 24.3 Å². The number of nitrogen functional groups attached to an aromatic ring is 1. The second-order valence-corrected chi connectivity index (χ2v) is 5.56. The van der Waals surface area contributed by atoms with Gasteiger partial charge >= 0.3 is 0 Å². The quantitative estimate of drug-likeness (QED) is 0.862. The van der Waals surface area contributed by atoms with Crippen molar-refractivity contribution in [2.24, 2.45) is 0 Å². The zero-order valence-electron chi connectivity index (χ0n) is 12.0. The van der Waals surface area contributed by atoms with Gasteiger partial charge in [0.1, 0.15) is 5.75 Å². The lowest BCUT2D eigenvalue weighted by Crippen LogP contribution is -2.27. The molecular weight excluding hydrogens is 332 g/mol. The number of nitrogens with zero attached hydrogens (tertiary/aromatic N) is 1. The maximum atomic E-state index is 12.5. The van der Waals surface area contributed by atoms with Crippen LogP contribution in [0.4, 0.5) is 5.69 Å². The minimum atomic E-state index is -0.137. The highest BCUT2D eigenvalue weighted by molar-refractivity contribution is 9.10. The van der Waals surface area contributed by atoms with E-state index in [-0.39, 0.29) is 5.91 Å². The lowest BCUT2D eigenvalue weighted by atomic mass is 10.1. The normalized spacial score (nSPS) is 10.2. The van der Waals surface area contributed by atoms with E-state index in [1.54, 1.807) is 37.3 Å². The van der Waals surface area contributed by atoms with Crippen molar-refractivity contribution in [3.8, 4) is 5.75 Å². The average Bonchev–Trinajstić information content (AvgIpc) is 2.49. The molecule has 0 unspecified atom stereocenters. The predicted octanol–water partition coefficient (Wildman–Crippen LogP) is 3.31. The Bertz CT molecular complexity index is 658. The molecule has 0 saturated heterocycles. The second kappa shape index (κ2) is 6.63. The topological polar surface area (TPSA) is 55.6 Å². The fourth-order valence-corrected chi connectivity index (χ4v) is 2.42. The number of carbonyl (C=O) groups is 1. The van der Waals surface area contributed by atoms with Crippen molar-refractivity contribution < 1.29 is 9.53 Å². The highest BCUT2D eigenvalue weighted by atomic mass is 79.9. The number of rotatable bonds is 4. The standard InChI is InChI=1S/C16H17BrN2O2/c1-19(10-11-5-3-4-6-14(11)17)16(20)13-9-12(21-2)7-8-15(13)18/h3-9H,10,18H2,1-2H3. The highest BCUT2D eigenvalue weighted by Gasteiger charge is 2.16. The molecule has 0 saturated carbocycles. The molecule has 0 aliphatic carbocycles. The zero-order chi connectivity index (χ0) is 15.4. The molecule has 0 atom stereocenters. The average molecular weight is 349 g/mol. The van der Waals surface area contributed by atoms with E-state index < -0.39 is 0 Å². The van der Waals surface area contributed by atoms with Gasteiger partial charge < -0.3 is 15.4 Å². The van der Waals surface area contributed by atoms with E-state index in [4.69, 9.17) is 10.5 Å². The number of carbonyl (C=O) groups excluding carboxylic acids is 1. The first-order valence-corrected chi connectivity index (χ1v) is 7.24. The van der Waals surface area contributed by atoms with E-state index >= 15 is 0 Å². The Balaban J connectivity index is 2.22. The molecular formula is C16H17BrN2O2. The number of amides is 1. The van der Waals surface area contributed by atoms with Crippen LogP contribution in [0.3, 0.4) is 0 Å². The van der Waals surface area contributed by atoms with Crippen molar-refractivity contribution in [1.82, 2.24) is 4.90 Å². The number of methoxy groups -OCH3 is 1. The van der Waals surface area contributed by atoms with Crippen molar-refractivity contribution in [3.05, 3.63) is 58.1 Å². The van der Waals surface area contributed by atoms with Crippen LogP contribution in [0.25, 0.3) is 0 Å². The summed E-state index contributed by atoms with van der Waals surface area (Å²) in [6.07, 6.45) is 0. The number of anilines is 1. The van der Waals surface area contributed by atoms with Crippen LogP contribution in [0.5, 0.6) is 5.75 Å². The van der Waals surface area contributed by atoms with Crippen LogP contribution in [0.15, 0.2) is 46.9 Å². The number of hydrogen-bond acceptors (Lipinski definition) is 3. The third kappa shape index (κ3) is 3.55. The highest BCUT2D eigenvalue weighted by Crippen LogP contribution is 2.23. The summed E-state index contributed by atoms with van der Waals surface area (Å²) in [5.41, 5.74) is 7.82. The van der Waals surface area contributed by atoms with Crippen molar-refractivity contribution in [2.75, 3.05) is 19.9 Å². The molecule has 0 aromatic heterocycles. The van der Waals surface area contributed by atoms with Crippen molar-refractivity contribution in [3.63, 3.8) is 0 Å². The Morgan fingerprint density at radius 2 is 2.00 bits per heavy atom. The van der Waals surface area contributed by atoms with Crippen LogP contribution in [0.1, 0.15) is 15.9 Å². The van der Waals surface area contributed by atoms with Gasteiger partial charge in [-0.1, -0.05) is 34.1 Å². The van der Waals surface area contributed by atoms with Crippen LogP contribution in [0, 0.1) is 0 Å². The second-order valence-electron chi connectivity index (χ2n) is 4.71. The summed E-state index contributed by atoms with van der Waals surface area (Å²) in [4.78, 5) is 14.2. The predicted molar refractivity (Wildman–Crippen MR) is 87.3 cm³/mol. The first-order chi connectivity index (χ1) is 10.0. The first-order valence-electron chi connectivity index (χ1n) is 6.45. The van der Waals surface area contributed by atoms with E-state index in [0.29, 0.717) is 23.5 Å². The van der Waals surface area contributed by atoms with E-state index in [2.05, 4.69) is 15.9 Å². The molecule has 0 bridgehead atoms. The van der Waals surface area contributed by atoms with Crippen molar-refractivity contribution in [2.45, 2.75) is 6.54 Å². The molecule has 2 aromatic rings. The Morgan fingerprint density at radius 3 is 2.67 bits per heavy atom. The number of ether oxygens (including phenoxy) is 1. The summed E-state index contributed by atoms with van der Waals surface area (Å²) in [6, 6.07) is 12.9. The fraction of sp³-hybridized carbons (Fsp3) is 0.188. The number of halogens is 1. The fourth-order valence-electron chi connectivity index (χ4n) is 2.01. The summed E-state index contributed by atoms with van der Waals surface area (Å²) in [5, 5.41) is 0. The number of hydrogen-bond donors (Lipinski definition) is 1. The number of benzene rings is 2. The first kappa shape index (κ1) is 15.4. The zero-order valence-corrected chi connectivity index (χ0v) is 13.6. The molecule has 110 valence electrons. The van der Waals surface area contributed by atoms with Gasteiger partial charge in [-0.2, -0.15) is 0 Å². The third-order valence-electron chi connectivity index (χ3n) is 3.20. The van der Waals surface area contributed by atoms with E-state index in [1.165, 1.54) is 0 Å². The molecule has 0 radical (unpaired) electrons. The molecule has 4 nitrogen and oxygen atoms in total. The van der Waals surface area contributed by atoms with Gasteiger partial charge in [-0.05, 0) is 29.8 Å². The molecule has 5 heteroatoms. The van der Waals surface area contributed by atoms with Gasteiger partial charge in [0.15, 0.2) is 0 Å². The minimum Gasteiger partial charge on any atom is -0.497 e. The van der Waals surface area contributed by atoms with Crippen LogP contribution in [-0.2, 0) is 6.54 Å². The van der Waals surface area contributed by atoms with Gasteiger partial charge in [-0.25, -0.2) is 0 Å². The molecule has 0 aliphatic rings. The molecule has 2 rings (SSSR count). The lowest BCUT2D eigenvalue weighted by Gasteiger charge is -2.19. The summed E-state index contributed by atoms with van der Waals surface area (Å²) in [5.74, 6) is 0.476. The van der Waals surface area contributed by atoms with E-state index in [9.17, 15) is 4.79 Å². The molecule has 0 aliphatic heterocycles. The molecule has 21 heavy (non-hydrogen) atoms. The molecule has 0 heterocycles. The number of nitrogens with two attached hydrogens (primary N) is 1. The summed E-state index contributed by atoms with van der Waals surface area (Å²) >= 11 is 3.48. The monoisotopic (exact) mass is 348 g/mol. The lowest BCUT2D eigenvalue weighted by molar-refractivity contribution is 0.0785. The van der Waals surface area contributed by atoms with Crippen LogP contribution in [0.2, 0.25) is 0 Å². The van der Waals surface area contributed by atoms with Gasteiger partial charge in [-0.15, -0.1) is 0 Å². The minimum absolute atomic E-state index is 0.137. The summed E-state index contributed by atoms with van der Waals surface area (Å²) in [7, 11) is 3.31. The molecule has 0 fully saturated rings. The van der Waals surface area contributed by atoms with Gasteiger partial charge in [0, 0.05) is 23.8 Å². The van der Waals surface area contributed by atoms with E-state index in [0.717, 1.165) is 10.0 Å². The largest absolute Gasteiger partial charge is 0.497 e. The van der Waals surface area contributed by atoms with Gasteiger partial charge in [0.25, 0.3) is 5.91 Å². The molecule has 2 aromatic carbocycles. The summed E-state index contributed by atoms with van der Waals surface area (Å²) < 4.78 is 6.12. The smallest absolute Gasteiger partial charge is 0.256 e. The Hall–Kier alpha value is -2.01. The van der Waals surface area contributed by atoms with Crippen molar-refractivity contribution >= 4 is 27.5 Å². The van der Waals surface area contributed by atoms with Crippen molar-refractivity contribution in [1.29, 1.82) is 0 Å². The third-order valence-corrected chi connectivity index (χ3v) is 3.98. The molecule has 2 N–H and O–H groups in total. The van der Waals surface area contributed by atoms with Gasteiger partial charge in [0.05, 0.1) is 12.7 Å². The van der Waals surface area contributed by atoms with Gasteiger partial charge in [0.2, 0.25) is 0 Å². The van der Waals surface area contributed by atoms with Crippen LogP contribution in [-0.4, -0.2) is 25.0 Å². The Labute approximate surface area is 132 Å². The maximum Gasteiger partial charge on any atom is 0.256 e. The van der Waals surface area contributed by atoms with Crippen LogP contribution >= 0.6 is 15.9 Å². The Morgan fingerprint density at radius 1 is 1.29 bits per heavy atom. The van der Waals surface area contributed by atoms with Gasteiger partial charge in [-0.3, -0.25) is 4.79 Å². The Kier molecular flexibility index (Phi) is 4.85. The molecule has 1 amide bonds. The SMILES string of the molecule is COc1ccc(N)c(C(=O)N(C)Cc2ccccc2Br)c1.